The fraction of sp³-hybridized carbons (Fsp3) is 0.562. The van der Waals surface area contributed by atoms with Gasteiger partial charge in [-0.1, -0.05) is 43.2 Å². The summed E-state index contributed by atoms with van der Waals surface area (Å²) in [5.41, 5.74) is 7.92. The van der Waals surface area contributed by atoms with Gasteiger partial charge in [-0.15, -0.1) is 0 Å². The normalized spacial score (nSPS) is 12.4. The molecule has 2 nitrogen and oxygen atoms in total. The maximum atomic E-state index is 11.9. The molecule has 0 spiro atoms. The molecule has 18 heavy (non-hydrogen) atoms. The number of Topliss-reactive ketones (excluding diaryl/α,β-unsaturated/α-hetero) is 1. The minimum absolute atomic E-state index is 0.344. The summed E-state index contributed by atoms with van der Waals surface area (Å²) < 4.78 is 0. The van der Waals surface area contributed by atoms with E-state index >= 15 is 0 Å². The zero-order chi connectivity index (χ0) is 13.4. The van der Waals surface area contributed by atoms with E-state index < -0.39 is 0 Å². The summed E-state index contributed by atoms with van der Waals surface area (Å²) in [4.78, 5) is 11.9. The number of hydrogen-bond donors (Lipinski definition) is 1. The quantitative estimate of drug-likeness (QED) is 0.766. The second-order valence-corrected chi connectivity index (χ2v) is 5.09. The zero-order valence-electron chi connectivity index (χ0n) is 11.6. The van der Waals surface area contributed by atoms with E-state index in [0.29, 0.717) is 24.5 Å². The molecule has 1 unspecified atom stereocenters. The van der Waals surface area contributed by atoms with Gasteiger partial charge in [-0.05, 0) is 37.8 Å². The lowest BCUT2D eigenvalue weighted by Gasteiger charge is -2.12. The Labute approximate surface area is 111 Å². The van der Waals surface area contributed by atoms with Crippen LogP contribution in [0.4, 0.5) is 0 Å². The molecule has 0 bridgehead atoms. The molecule has 1 rings (SSSR count). The van der Waals surface area contributed by atoms with E-state index in [1.807, 2.05) is 12.1 Å². The minimum atomic E-state index is 0.344. The first kappa shape index (κ1) is 14.9. The molecular weight excluding hydrogens is 222 g/mol. The highest BCUT2D eigenvalue weighted by molar-refractivity contribution is 5.80. The van der Waals surface area contributed by atoms with Gasteiger partial charge in [0.2, 0.25) is 0 Å². The van der Waals surface area contributed by atoms with Crippen LogP contribution in [-0.4, -0.2) is 12.3 Å². The molecule has 2 N–H and O–H groups in total. The second kappa shape index (κ2) is 8.04. The lowest BCUT2D eigenvalue weighted by Crippen LogP contribution is -2.11. The van der Waals surface area contributed by atoms with Crippen LogP contribution >= 0.6 is 0 Å². The van der Waals surface area contributed by atoms with Crippen molar-refractivity contribution in [3.05, 3.63) is 35.4 Å². The Morgan fingerprint density at radius 2 is 2.11 bits per heavy atom. The molecular formula is C16H25NO. The Morgan fingerprint density at radius 1 is 1.33 bits per heavy atom. The summed E-state index contributed by atoms with van der Waals surface area (Å²) in [6.45, 7) is 4.96. The van der Waals surface area contributed by atoms with E-state index in [-0.39, 0.29) is 0 Å². The van der Waals surface area contributed by atoms with Crippen molar-refractivity contribution in [2.24, 2.45) is 11.7 Å². The molecule has 0 amide bonds. The molecule has 0 aliphatic heterocycles. The van der Waals surface area contributed by atoms with Gasteiger partial charge in [0.25, 0.3) is 0 Å². The van der Waals surface area contributed by atoms with Crippen molar-refractivity contribution >= 4 is 5.78 Å². The maximum absolute atomic E-state index is 11.9. The summed E-state index contributed by atoms with van der Waals surface area (Å²) in [5.74, 6) is 0.951. The van der Waals surface area contributed by atoms with Crippen LogP contribution in [0.25, 0.3) is 0 Å². The van der Waals surface area contributed by atoms with Crippen LogP contribution in [0.2, 0.25) is 0 Å². The van der Waals surface area contributed by atoms with Crippen LogP contribution in [0.15, 0.2) is 24.3 Å². The van der Waals surface area contributed by atoms with Gasteiger partial charge in [-0.3, -0.25) is 4.79 Å². The van der Waals surface area contributed by atoms with Crippen molar-refractivity contribution in [3.63, 3.8) is 0 Å². The summed E-state index contributed by atoms with van der Waals surface area (Å²) in [6.07, 6.45) is 4.40. The van der Waals surface area contributed by atoms with Crippen LogP contribution in [0, 0.1) is 12.8 Å². The largest absolute Gasteiger partial charge is 0.330 e. The van der Waals surface area contributed by atoms with E-state index in [9.17, 15) is 4.79 Å². The van der Waals surface area contributed by atoms with Crippen LogP contribution in [0.3, 0.4) is 0 Å². The molecule has 0 aromatic heterocycles. The van der Waals surface area contributed by atoms with Gasteiger partial charge in [-0.2, -0.15) is 0 Å². The molecule has 100 valence electrons. The van der Waals surface area contributed by atoms with Gasteiger partial charge in [0, 0.05) is 12.8 Å². The van der Waals surface area contributed by atoms with Crippen molar-refractivity contribution in [3.8, 4) is 0 Å². The third kappa shape index (κ3) is 5.46. The van der Waals surface area contributed by atoms with Crippen molar-refractivity contribution in [2.45, 2.75) is 46.0 Å². The third-order valence-corrected chi connectivity index (χ3v) is 3.47. The number of nitrogens with two attached hydrogens (primary N) is 1. The van der Waals surface area contributed by atoms with E-state index in [0.717, 1.165) is 31.4 Å². The SMILES string of the molecule is CCC(CCN)CCC(=O)Cc1cccc(C)c1. The second-order valence-electron chi connectivity index (χ2n) is 5.09. The zero-order valence-corrected chi connectivity index (χ0v) is 11.6. The van der Waals surface area contributed by atoms with Crippen LogP contribution < -0.4 is 5.73 Å². The van der Waals surface area contributed by atoms with Gasteiger partial charge in [0.05, 0.1) is 0 Å². The van der Waals surface area contributed by atoms with Gasteiger partial charge in [0.1, 0.15) is 5.78 Å². The number of ketones is 1. The number of aryl methyl sites for hydroxylation is 1. The molecule has 2 heteroatoms. The smallest absolute Gasteiger partial charge is 0.137 e. The average molecular weight is 247 g/mol. The molecule has 0 aliphatic rings. The summed E-state index contributed by atoms with van der Waals surface area (Å²) >= 11 is 0. The Kier molecular flexibility index (Phi) is 6.66. The molecule has 1 atom stereocenters. The highest BCUT2D eigenvalue weighted by atomic mass is 16.1. The van der Waals surface area contributed by atoms with Gasteiger partial charge < -0.3 is 5.73 Å². The predicted octanol–water partition coefficient (Wildman–Crippen LogP) is 3.26. The first-order valence-electron chi connectivity index (χ1n) is 6.93. The van der Waals surface area contributed by atoms with Crippen molar-refractivity contribution < 1.29 is 4.79 Å². The third-order valence-electron chi connectivity index (χ3n) is 3.47. The lowest BCUT2D eigenvalue weighted by atomic mass is 9.94. The van der Waals surface area contributed by atoms with Crippen molar-refractivity contribution in [1.82, 2.24) is 0 Å². The molecule has 0 heterocycles. The van der Waals surface area contributed by atoms with Crippen molar-refractivity contribution in [1.29, 1.82) is 0 Å². The Morgan fingerprint density at radius 3 is 2.72 bits per heavy atom. The van der Waals surface area contributed by atoms with Crippen LogP contribution in [-0.2, 0) is 11.2 Å². The summed E-state index contributed by atoms with van der Waals surface area (Å²) in [7, 11) is 0. The molecule has 0 saturated carbocycles. The highest BCUT2D eigenvalue weighted by Crippen LogP contribution is 2.16. The predicted molar refractivity (Wildman–Crippen MR) is 76.6 cm³/mol. The molecule has 1 aromatic rings. The van der Waals surface area contributed by atoms with Crippen molar-refractivity contribution in [2.75, 3.05) is 6.54 Å². The number of carbonyl (C=O) groups excluding carboxylic acids is 1. The van der Waals surface area contributed by atoms with E-state index in [1.54, 1.807) is 0 Å². The van der Waals surface area contributed by atoms with Gasteiger partial charge in [0.15, 0.2) is 0 Å². The van der Waals surface area contributed by atoms with E-state index in [1.165, 1.54) is 5.56 Å². The standard InChI is InChI=1S/C16H25NO/c1-3-14(9-10-17)7-8-16(18)12-15-6-4-5-13(2)11-15/h4-6,11,14H,3,7-10,12,17H2,1-2H3. The number of hydrogen-bond acceptors (Lipinski definition) is 2. The minimum Gasteiger partial charge on any atom is -0.330 e. The van der Waals surface area contributed by atoms with Crippen LogP contribution in [0.1, 0.15) is 43.7 Å². The fourth-order valence-electron chi connectivity index (χ4n) is 2.29. The topological polar surface area (TPSA) is 43.1 Å². The number of benzene rings is 1. The van der Waals surface area contributed by atoms with E-state index in [2.05, 4.69) is 26.0 Å². The summed E-state index contributed by atoms with van der Waals surface area (Å²) in [6, 6.07) is 8.20. The molecule has 0 radical (unpaired) electrons. The average Bonchev–Trinajstić information content (AvgIpc) is 2.34. The lowest BCUT2D eigenvalue weighted by molar-refractivity contribution is -0.118. The molecule has 1 aromatic carbocycles. The van der Waals surface area contributed by atoms with Gasteiger partial charge >= 0.3 is 0 Å². The van der Waals surface area contributed by atoms with Crippen LogP contribution in [0.5, 0.6) is 0 Å². The Balaban J connectivity index is 2.37. The highest BCUT2D eigenvalue weighted by Gasteiger charge is 2.09. The fourth-order valence-corrected chi connectivity index (χ4v) is 2.29. The number of rotatable bonds is 8. The maximum Gasteiger partial charge on any atom is 0.137 e. The Bertz CT molecular complexity index is 373. The first-order chi connectivity index (χ1) is 8.65. The number of carbonyl (C=O) groups is 1. The Hall–Kier alpha value is -1.15. The summed E-state index contributed by atoms with van der Waals surface area (Å²) in [5, 5.41) is 0. The van der Waals surface area contributed by atoms with E-state index in [4.69, 9.17) is 5.73 Å². The molecule has 0 aliphatic carbocycles. The van der Waals surface area contributed by atoms with Gasteiger partial charge in [-0.25, -0.2) is 0 Å². The molecule has 0 fully saturated rings. The first-order valence-corrected chi connectivity index (χ1v) is 6.93. The molecule has 0 saturated heterocycles. The monoisotopic (exact) mass is 247 g/mol.